The van der Waals surface area contributed by atoms with Crippen LogP contribution in [0.5, 0.6) is 0 Å². The fourth-order valence-corrected chi connectivity index (χ4v) is 1.06. The molecule has 1 aromatic carbocycles. The van der Waals surface area contributed by atoms with Gasteiger partial charge in [-0.25, -0.2) is 0 Å². The molecule has 0 heterocycles. The average molecular weight is 210 g/mol. The third kappa shape index (κ3) is 3.35. The Morgan fingerprint density at radius 1 is 1.47 bits per heavy atom. The number of carbonyl (C=O) groups excluding carboxylic acids is 1. The minimum atomic E-state index is -0.481. The fraction of sp³-hybridized carbons (Fsp3) is 0.222. The number of anilines is 1. The molecule has 0 spiro atoms. The Kier molecular flexibility index (Phi) is 3.75. The van der Waals surface area contributed by atoms with Crippen molar-refractivity contribution in [3.05, 3.63) is 34.4 Å². The maximum atomic E-state index is 11.2. The first-order chi connectivity index (χ1) is 7.13. The van der Waals surface area contributed by atoms with E-state index in [9.17, 15) is 14.9 Å². The highest BCUT2D eigenvalue weighted by Gasteiger charge is 2.06. The molecule has 0 aliphatic heterocycles. The van der Waals surface area contributed by atoms with E-state index in [1.54, 1.807) is 12.4 Å². The van der Waals surface area contributed by atoms with E-state index < -0.39 is 4.92 Å². The minimum absolute atomic E-state index is 0.00931. The molecular weight excluding hydrogens is 198 g/mol. The zero-order chi connectivity index (χ0) is 11.3. The van der Waals surface area contributed by atoms with Crippen LogP contribution in [-0.2, 0) is 4.79 Å². The van der Waals surface area contributed by atoms with Gasteiger partial charge in [-0.3, -0.25) is 14.9 Å². The zero-order valence-electron chi connectivity index (χ0n) is 8.27. The molecular formula is C9H12N3O3+. The standard InChI is InChI=1S/C9H11N3O3/c1-10-6-9(13)11-7-2-4-8(5-3-7)12(14)15/h2-5,10H,6H2,1H3,(H,11,13)/p+1. The largest absolute Gasteiger partial charge is 0.341 e. The number of rotatable bonds is 4. The summed E-state index contributed by atoms with van der Waals surface area (Å²) in [5.74, 6) is -0.133. The molecule has 0 fully saturated rings. The van der Waals surface area contributed by atoms with Crippen molar-refractivity contribution in [2.24, 2.45) is 0 Å². The number of amides is 1. The van der Waals surface area contributed by atoms with Crippen LogP contribution < -0.4 is 10.6 Å². The van der Waals surface area contributed by atoms with Crippen molar-refractivity contribution in [3.8, 4) is 0 Å². The van der Waals surface area contributed by atoms with Gasteiger partial charge in [0, 0.05) is 17.8 Å². The topological polar surface area (TPSA) is 88.8 Å². The Bertz CT molecular complexity index is 361. The van der Waals surface area contributed by atoms with Crippen LogP contribution in [0.3, 0.4) is 0 Å². The molecule has 0 aliphatic rings. The molecule has 0 aromatic heterocycles. The van der Waals surface area contributed by atoms with Gasteiger partial charge >= 0.3 is 0 Å². The lowest BCUT2D eigenvalue weighted by molar-refractivity contribution is -0.615. The lowest BCUT2D eigenvalue weighted by atomic mass is 10.3. The number of hydrogen-bond donors (Lipinski definition) is 2. The maximum Gasteiger partial charge on any atom is 0.279 e. The number of nitrogens with two attached hydrogens (primary N) is 1. The van der Waals surface area contributed by atoms with Gasteiger partial charge in [0.15, 0.2) is 6.54 Å². The Hall–Kier alpha value is -1.95. The number of likely N-dealkylation sites (N-methyl/N-ethyl adjacent to an activating group) is 1. The second kappa shape index (κ2) is 5.06. The number of nitrogens with zero attached hydrogens (tertiary/aromatic N) is 1. The van der Waals surface area contributed by atoms with E-state index in [0.29, 0.717) is 12.2 Å². The minimum Gasteiger partial charge on any atom is -0.341 e. The van der Waals surface area contributed by atoms with Crippen molar-refractivity contribution in [3.63, 3.8) is 0 Å². The second-order valence-corrected chi connectivity index (χ2v) is 2.96. The van der Waals surface area contributed by atoms with Gasteiger partial charge in [0.05, 0.1) is 12.0 Å². The summed E-state index contributed by atoms with van der Waals surface area (Å²) in [6.45, 7) is 0.330. The van der Waals surface area contributed by atoms with Gasteiger partial charge in [-0.2, -0.15) is 0 Å². The number of benzene rings is 1. The average Bonchev–Trinajstić information content (AvgIpc) is 2.18. The Morgan fingerprint density at radius 2 is 2.07 bits per heavy atom. The predicted molar refractivity (Wildman–Crippen MR) is 54.4 cm³/mol. The number of carbonyl (C=O) groups is 1. The van der Waals surface area contributed by atoms with Gasteiger partial charge in [0.25, 0.3) is 11.6 Å². The van der Waals surface area contributed by atoms with Crippen molar-refractivity contribution < 1.29 is 15.0 Å². The molecule has 0 saturated carbocycles. The molecule has 1 aromatic rings. The number of quaternary nitrogens is 1. The molecule has 6 nitrogen and oxygen atoms in total. The van der Waals surface area contributed by atoms with E-state index in [1.807, 2.05) is 0 Å². The van der Waals surface area contributed by atoms with Gasteiger partial charge in [-0.15, -0.1) is 0 Å². The van der Waals surface area contributed by atoms with Crippen LogP contribution in [0.1, 0.15) is 0 Å². The maximum absolute atomic E-state index is 11.2. The molecule has 0 atom stereocenters. The summed E-state index contributed by atoms with van der Waals surface area (Å²) in [5.41, 5.74) is 0.572. The molecule has 3 N–H and O–H groups in total. The molecule has 0 saturated heterocycles. The first kappa shape index (κ1) is 11.1. The highest BCUT2D eigenvalue weighted by molar-refractivity contribution is 5.91. The highest BCUT2D eigenvalue weighted by Crippen LogP contribution is 2.14. The summed E-state index contributed by atoms with van der Waals surface area (Å²) < 4.78 is 0. The summed E-state index contributed by atoms with van der Waals surface area (Å²) in [6.07, 6.45) is 0. The van der Waals surface area contributed by atoms with Crippen LogP contribution in [0.15, 0.2) is 24.3 Å². The number of nitro groups is 1. The molecule has 0 bridgehead atoms. The van der Waals surface area contributed by atoms with Gasteiger partial charge in [0.2, 0.25) is 0 Å². The molecule has 0 radical (unpaired) electrons. The van der Waals surface area contributed by atoms with Crippen molar-refractivity contribution >= 4 is 17.3 Å². The van der Waals surface area contributed by atoms with E-state index in [0.717, 1.165) is 0 Å². The van der Waals surface area contributed by atoms with Gasteiger partial charge in [-0.05, 0) is 12.1 Å². The molecule has 15 heavy (non-hydrogen) atoms. The normalized spacial score (nSPS) is 9.67. The quantitative estimate of drug-likeness (QED) is 0.529. The van der Waals surface area contributed by atoms with Crippen LogP contribution in [0.4, 0.5) is 11.4 Å². The molecule has 0 unspecified atom stereocenters. The Morgan fingerprint density at radius 3 is 2.53 bits per heavy atom. The van der Waals surface area contributed by atoms with Gasteiger partial charge in [-0.1, -0.05) is 0 Å². The van der Waals surface area contributed by atoms with Crippen molar-refractivity contribution in [2.45, 2.75) is 0 Å². The van der Waals surface area contributed by atoms with E-state index in [4.69, 9.17) is 0 Å². The smallest absolute Gasteiger partial charge is 0.279 e. The summed E-state index contributed by atoms with van der Waals surface area (Å²) in [4.78, 5) is 21.0. The second-order valence-electron chi connectivity index (χ2n) is 2.96. The number of nitrogens with one attached hydrogen (secondary N) is 1. The molecule has 6 heteroatoms. The predicted octanol–water partition coefficient (Wildman–Crippen LogP) is -0.273. The lowest BCUT2D eigenvalue weighted by Gasteiger charge is -2.02. The van der Waals surface area contributed by atoms with Crippen LogP contribution in [0, 0.1) is 10.1 Å². The monoisotopic (exact) mass is 210 g/mol. The van der Waals surface area contributed by atoms with Crippen molar-refractivity contribution in [1.82, 2.24) is 0 Å². The Balaban J connectivity index is 2.64. The zero-order valence-corrected chi connectivity index (χ0v) is 8.27. The van der Waals surface area contributed by atoms with Crippen molar-refractivity contribution in [1.29, 1.82) is 0 Å². The summed E-state index contributed by atoms with van der Waals surface area (Å²) in [6, 6.07) is 5.72. The number of hydrogen-bond acceptors (Lipinski definition) is 3. The number of nitro benzene ring substituents is 1. The molecule has 1 rings (SSSR count). The van der Waals surface area contributed by atoms with E-state index >= 15 is 0 Å². The SMILES string of the molecule is C[NH2+]CC(=O)Nc1ccc([N+](=O)[O-])cc1. The van der Waals surface area contributed by atoms with Gasteiger partial charge in [0.1, 0.15) is 0 Å². The fourth-order valence-electron chi connectivity index (χ4n) is 1.06. The lowest BCUT2D eigenvalue weighted by Crippen LogP contribution is -2.82. The van der Waals surface area contributed by atoms with Crippen LogP contribution in [0.25, 0.3) is 0 Å². The molecule has 80 valence electrons. The van der Waals surface area contributed by atoms with Crippen LogP contribution >= 0.6 is 0 Å². The van der Waals surface area contributed by atoms with E-state index in [-0.39, 0.29) is 11.6 Å². The molecule has 0 aliphatic carbocycles. The third-order valence-corrected chi connectivity index (χ3v) is 1.75. The summed E-state index contributed by atoms with van der Waals surface area (Å²) in [5, 5.41) is 14.7. The van der Waals surface area contributed by atoms with Crippen LogP contribution in [-0.4, -0.2) is 24.4 Å². The van der Waals surface area contributed by atoms with Crippen LogP contribution in [0.2, 0.25) is 0 Å². The van der Waals surface area contributed by atoms with Crippen molar-refractivity contribution in [2.75, 3.05) is 18.9 Å². The third-order valence-electron chi connectivity index (χ3n) is 1.75. The van der Waals surface area contributed by atoms with E-state index in [1.165, 1.54) is 24.3 Å². The highest BCUT2D eigenvalue weighted by atomic mass is 16.6. The Labute approximate surface area is 86.4 Å². The number of non-ortho nitro benzene ring substituents is 1. The summed E-state index contributed by atoms with van der Waals surface area (Å²) in [7, 11) is 1.79. The first-order valence-electron chi connectivity index (χ1n) is 4.45. The molecule has 1 amide bonds. The van der Waals surface area contributed by atoms with Gasteiger partial charge < -0.3 is 10.6 Å². The summed E-state index contributed by atoms with van der Waals surface area (Å²) >= 11 is 0. The van der Waals surface area contributed by atoms with E-state index in [2.05, 4.69) is 5.32 Å². The first-order valence-corrected chi connectivity index (χ1v) is 4.45.